The zero-order valence-corrected chi connectivity index (χ0v) is 13.5. The Balaban J connectivity index is 1.98. The summed E-state index contributed by atoms with van der Waals surface area (Å²) in [6, 6.07) is 5.41. The number of aromatic nitrogens is 2. The van der Waals surface area contributed by atoms with Crippen molar-refractivity contribution in [3.8, 4) is 5.75 Å². The van der Waals surface area contributed by atoms with Crippen LogP contribution in [0.15, 0.2) is 23.4 Å². The molecule has 1 heterocycles. The maximum absolute atomic E-state index is 11.2. The highest BCUT2D eigenvalue weighted by Gasteiger charge is 2.07. The quantitative estimate of drug-likeness (QED) is 0.850. The van der Waals surface area contributed by atoms with E-state index in [0.717, 1.165) is 15.7 Å². The van der Waals surface area contributed by atoms with E-state index in [2.05, 4.69) is 19.4 Å². The number of aryl methyl sites for hydroxylation is 1. The first-order chi connectivity index (χ1) is 10.1. The van der Waals surface area contributed by atoms with Crippen LogP contribution in [0.2, 0.25) is 0 Å². The van der Waals surface area contributed by atoms with Crippen molar-refractivity contribution in [3.05, 3.63) is 28.8 Å². The molecule has 112 valence electrons. The van der Waals surface area contributed by atoms with Gasteiger partial charge in [-0.1, -0.05) is 11.8 Å². The van der Waals surface area contributed by atoms with Crippen molar-refractivity contribution in [3.63, 3.8) is 0 Å². The molecule has 6 nitrogen and oxygen atoms in total. The highest BCUT2D eigenvalue weighted by molar-refractivity contribution is 7.98. The third-order valence-corrected chi connectivity index (χ3v) is 3.96. The van der Waals surface area contributed by atoms with Crippen LogP contribution in [0.5, 0.6) is 5.75 Å². The Morgan fingerprint density at radius 3 is 2.90 bits per heavy atom. The van der Waals surface area contributed by atoms with Crippen LogP contribution in [-0.2, 0) is 11.3 Å². The SMILES string of the molecule is COC(=O)Nc1ccc(OCc2nc(SC)ns2)cc1C. The average Bonchev–Trinajstić information content (AvgIpc) is 2.95. The number of anilines is 1. The molecule has 0 aliphatic rings. The number of carbonyl (C=O) groups is 1. The number of ether oxygens (including phenoxy) is 2. The number of hydrogen-bond donors (Lipinski definition) is 1. The molecule has 0 aliphatic heterocycles. The Morgan fingerprint density at radius 2 is 2.29 bits per heavy atom. The lowest BCUT2D eigenvalue weighted by Gasteiger charge is -2.10. The first-order valence-corrected chi connectivity index (χ1v) is 8.07. The second-order valence-electron chi connectivity index (χ2n) is 4.06. The molecule has 0 saturated carbocycles. The minimum atomic E-state index is -0.495. The van der Waals surface area contributed by atoms with Gasteiger partial charge in [0.2, 0.25) is 0 Å². The van der Waals surface area contributed by atoms with Crippen LogP contribution in [0, 0.1) is 6.92 Å². The molecule has 1 N–H and O–H groups in total. The predicted molar refractivity (Wildman–Crippen MR) is 83.2 cm³/mol. The Kier molecular flexibility index (Phi) is 5.40. The van der Waals surface area contributed by atoms with Gasteiger partial charge in [-0.3, -0.25) is 5.32 Å². The van der Waals surface area contributed by atoms with Crippen molar-refractivity contribution in [1.82, 2.24) is 9.36 Å². The maximum atomic E-state index is 11.2. The minimum absolute atomic E-state index is 0.376. The maximum Gasteiger partial charge on any atom is 0.411 e. The molecule has 0 saturated heterocycles. The van der Waals surface area contributed by atoms with Crippen molar-refractivity contribution in [2.45, 2.75) is 18.7 Å². The summed E-state index contributed by atoms with van der Waals surface area (Å²) in [5.41, 5.74) is 1.58. The van der Waals surface area contributed by atoms with Gasteiger partial charge in [0.1, 0.15) is 12.4 Å². The lowest BCUT2D eigenvalue weighted by Crippen LogP contribution is -2.11. The van der Waals surface area contributed by atoms with E-state index in [-0.39, 0.29) is 0 Å². The molecule has 0 unspecified atom stereocenters. The first-order valence-electron chi connectivity index (χ1n) is 6.07. The standard InChI is InChI=1S/C13H15N3O3S2/c1-8-6-9(4-5-10(8)14-13(17)18-2)19-7-11-15-12(20-3)16-21-11/h4-6H,7H2,1-3H3,(H,14,17). The topological polar surface area (TPSA) is 73.3 Å². The average molecular weight is 325 g/mol. The Labute approximate surface area is 131 Å². The van der Waals surface area contributed by atoms with Crippen LogP contribution < -0.4 is 10.1 Å². The van der Waals surface area contributed by atoms with Crippen LogP contribution in [-0.4, -0.2) is 28.8 Å². The van der Waals surface area contributed by atoms with E-state index in [1.807, 2.05) is 19.2 Å². The molecule has 0 bridgehead atoms. The molecule has 2 aromatic rings. The van der Waals surface area contributed by atoms with Gasteiger partial charge in [0.05, 0.1) is 7.11 Å². The molecule has 0 radical (unpaired) electrons. The number of rotatable bonds is 5. The third-order valence-electron chi connectivity index (χ3n) is 2.61. The molecule has 1 amide bonds. The number of nitrogens with zero attached hydrogens (tertiary/aromatic N) is 2. The van der Waals surface area contributed by atoms with Crippen LogP contribution in [0.3, 0.4) is 0 Å². The zero-order chi connectivity index (χ0) is 15.2. The summed E-state index contributed by atoms with van der Waals surface area (Å²) >= 11 is 2.84. The van der Waals surface area contributed by atoms with Crippen molar-refractivity contribution < 1.29 is 14.3 Å². The van der Waals surface area contributed by atoms with Gasteiger partial charge in [0.25, 0.3) is 0 Å². The molecule has 0 spiro atoms. The highest BCUT2D eigenvalue weighted by atomic mass is 32.2. The van der Waals surface area contributed by atoms with Gasteiger partial charge in [0, 0.05) is 5.69 Å². The second kappa shape index (κ2) is 7.28. The minimum Gasteiger partial charge on any atom is -0.486 e. The fourth-order valence-corrected chi connectivity index (χ4v) is 2.69. The monoisotopic (exact) mass is 325 g/mol. The van der Waals surface area contributed by atoms with Crippen molar-refractivity contribution in [1.29, 1.82) is 0 Å². The number of thioether (sulfide) groups is 1. The molecule has 21 heavy (non-hydrogen) atoms. The first kappa shape index (κ1) is 15.6. The van der Waals surface area contributed by atoms with Crippen molar-refractivity contribution in [2.24, 2.45) is 0 Å². The van der Waals surface area contributed by atoms with Crippen molar-refractivity contribution >= 4 is 35.1 Å². The van der Waals surface area contributed by atoms with E-state index in [4.69, 9.17) is 4.74 Å². The predicted octanol–water partition coefficient (Wildman–Crippen LogP) is 3.33. The van der Waals surface area contributed by atoms with Gasteiger partial charge >= 0.3 is 6.09 Å². The van der Waals surface area contributed by atoms with Gasteiger partial charge in [0.15, 0.2) is 10.2 Å². The Morgan fingerprint density at radius 1 is 1.48 bits per heavy atom. The normalized spacial score (nSPS) is 10.2. The van der Waals surface area contributed by atoms with Crippen molar-refractivity contribution in [2.75, 3.05) is 18.7 Å². The highest BCUT2D eigenvalue weighted by Crippen LogP contribution is 2.23. The fourth-order valence-electron chi connectivity index (χ4n) is 1.55. The Hall–Kier alpha value is -1.80. The van der Waals surface area contributed by atoms with E-state index < -0.39 is 6.09 Å². The number of methoxy groups -OCH3 is 1. The van der Waals surface area contributed by atoms with Crippen LogP contribution in [0.25, 0.3) is 0 Å². The summed E-state index contributed by atoms with van der Waals surface area (Å²) in [6.07, 6.45) is 1.44. The second-order valence-corrected chi connectivity index (χ2v) is 5.67. The molecule has 1 aromatic carbocycles. The number of amides is 1. The Bertz CT molecular complexity index is 631. The van der Waals surface area contributed by atoms with Gasteiger partial charge in [-0.2, -0.15) is 4.37 Å². The summed E-state index contributed by atoms with van der Waals surface area (Å²) in [5.74, 6) is 0.712. The molecule has 0 atom stereocenters. The molecule has 1 aromatic heterocycles. The molecular weight excluding hydrogens is 310 g/mol. The fraction of sp³-hybridized carbons (Fsp3) is 0.308. The van der Waals surface area contributed by atoms with E-state index in [1.165, 1.54) is 30.4 Å². The van der Waals surface area contributed by atoms with E-state index >= 15 is 0 Å². The zero-order valence-electron chi connectivity index (χ0n) is 11.9. The lowest BCUT2D eigenvalue weighted by atomic mass is 10.2. The summed E-state index contributed by atoms with van der Waals surface area (Å²) in [7, 11) is 1.33. The van der Waals surface area contributed by atoms with Crippen LogP contribution in [0.1, 0.15) is 10.6 Å². The molecular formula is C13H15N3O3S2. The van der Waals surface area contributed by atoms with Crippen LogP contribution >= 0.6 is 23.3 Å². The molecule has 8 heteroatoms. The largest absolute Gasteiger partial charge is 0.486 e. The smallest absolute Gasteiger partial charge is 0.411 e. The van der Waals surface area contributed by atoms with Gasteiger partial charge in [-0.25, -0.2) is 9.78 Å². The summed E-state index contributed by atoms with van der Waals surface area (Å²) in [5, 5.41) is 4.22. The number of hydrogen-bond acceptors (Lipinski definition) is 7. The van der Waals surface area contributed by atoms with Crippen LogP contribution in [0.4, 0.5) is 10.5 Å². The van der Waals surface area contributed by atoms with E-state index in [1.54, 1.807) is 12.1 Å². The third kappa shape index (κ3) is 4.33. The van der Waals surface area contributed by atoms with E-state index in [9.17, 15) is 4.79 Å². The molecule has 2 rings (SSSR count). The van der Waals surface area contributed by atoms with Gasteiger partial charge in [-0.15, -0.1) is 0 Å². The number of carbonyl (C=O) groups excluding carboxylic acids is 1. The number of benzene rings is 1. The lowest BCUT2D eigenvalue weighted by molar-refractivity contribution is 0.187. The summed E-state index contributed by atoms with van der Waals surface area (Å²) in [4.78, 5) is 15.5. The molecule has 0 fully saturated rings. The summed E-state index contributed by atoms with van der Waals surface area (Å²) < 4.78 is 14.4. The van der Waals surface area contributed by atoms with Gasteiger partial charge < -0.3 is 9.47 Å². The van der Waals surface area contributed by atoms with E-state index in [0.29, 0.717) is 18.0 Å². The number of nitrogens with one attached hydrogen (secondary N) is 1. The summed E-state index contributed by atoms with van der Waals surface area (Å²) in [6.45, 7) is 2.26. The van der Waals surface area contributed by atoms with Gasteiger partial charge in [-0.05, 0) is 48.5 Å². The molecule has 0 aliphatic carbocycles.